The summed E-state index contributed by atoms with van der Waals surface area (Å²) in [5.74, 6) is -0.0857. The van der Waals surface area contributed by atoms with E-state index in [0.29, 0.717) is 17.1 Å². The van der Waals surface area contributed by atoms with Gasteiger partial charge in [-0.25, -0.2) is 9.37 Å². The number of halogens is 1. The minimum absolute atomic E-state index is 0.204. The van der Waals surface area contributed by atoms with Crippen molar-refractivity contribution in [2.45, 2.75) is 0 Å². The summed E-state index contributed by atoms with van der Waals surface area (Å²) in [5.41, 5.74) is 1.64. The molecule has 0 amide bonds. The maximum Gasteiger partial charge on any atom is 0.272 e. The molecule has 4 aromatic rings. The van der Waals surface area contributed by atoms with Crippen LogP contribution >= 0.6 is 11.3 Å². The number of nitrogens with zero attached hydrogens (tertiary/aromatic N) is 4. The number of benzene rings is 2. The Labute approximate surface area is 150 Å². The fraction of sp³-hybridized carbons (Fsp3) is 0. The molecule has 8 heteroatoms. The first-order valence-corrected chi connectivity index (χ1v) is 8.37. The normalized spacial score (nSPS) is 10.8. The van der Waals surface area contributed by atoms with Crippen molar-refractivity contribution in [2.75, 3.05) is 0 Å². The van der Waals surface area contributed by atoms with E-state index in [1.807, 2.05) is 16.0 Å². The maximum absolute atomic E-state index is 14.5. The van der Waals surface area contributed by atoms with Crippen molar-refractivity contribution in [1.82, 2.24) is 9.38 Å². The molecule has 0 N–H and O–H groups in total. The molecule has 0 saturated heterocycles. The average Bonchev–Trinajstić information content (AvgIpc) is 3.24. The highest BCUT2D eigenvalue weighted by molar-refractivity contribution is 7.16. The van der Waals surface area contributed by atoms with Crippen molar-refractivity contribution in [3.05, 3.63) is 75.5 Å². The fourth-order valence-corrected chi connectivity index (χ4v) is 3.55. The molecule has 126 valence electrons. The summed E-state index contributed by atoms with van der Waals surface area (Å²) in [4.78, 5) is 15.5. The summed E-state index contributed by atoms with van der Waals surface area (Å²) in [5, 5.41) is 21.6. The predicted octanol–water partition coefficient (Wildman–Crippen LogP) is 4.65. The number of nitro groups is 1. The Balaban J connectivity index is 1.89. The number of rotatable bonds is 3. The second-order valence-corrected chi connectivity index (χ2v) is 6.37. The Morgan fingerprint density at radius 1 is 1.23 bits per heavy atom. The van der Waals surface area contributed by atoms with Gasteiger partial charge in [-0.3, -0.25) is 14.5 Å². The molecule has 2 heterocycles. The number of non-ortho nitro benzene ring substituents is 1. The summed E-state index contributed by atoms with van der Waals surface area (Å²) in [6, 6.07) is 12.5. The minimum Gasteiger partial charge on any atom is -0.290 e. The monoisotopic (exact) mass is 364 g/mol. The van der Waals surface area contributed by atoms with Gasteiger partial charge in [0.2, 0.25) is 0 Å². The highest BCUT2D eigenvalue weighted by Crippen LogP contribution is 2.34. The van der Waals surface area contributed by atoms with Crippen LogP contribution < -0.4 is 0 Å². The van der Waals surface area contributed by atoms with Gasteiger partial charge in [-0.2, -0.15) is 5.26 Å². The lowest BCUT2D eigenvalue weighted by Crippen LogP contribution is -1.91. The van der Waals surface area contributed by atoms with E-state index in [1.54, 1.807) is 24.3 Å². The Bertz CT molecular complexity index is 1190. The van der Waals surface area contributed by atoms with E-state index < -0.39 is 10.7 Å². The minimum atomic E-state index is -0.695. The summed E-state index contributed by atoms with van der Waals surface area (Å²) in [6.45, 7) is 0. The number of hydrogen-bond acceptors (Lipinski definition) is 5. The van der Waals surface area contributed by atoms with Crippen molar-refractivity contribution >= 4 is 21.9 Å². The molecule has 26 heavy (non-hydrogen) atoms. The number of fused-ring (bicyclic) bond motifs is 1. The van der Waals surface area contributed by atoms with Crippen LogP contribution in [0.1, 0.15) is 5.56 Å². The van der Waals surface area contributed by atoms with E-state index >= 15 is 0 Å². The Morgan fingerprint density at radius 2 is 2.00 bits per heavy atom. The first-order chi connectivity index (χ1) is 12.6. The molecule has 6 nitrogen and oxygen atoms in total. The molecular weight excluding hydrogens is 355 g/mol. The van der Waals surface area contributed by atoms with Gasteiger partial charge in [0.1, 0.15) is 22.2 Å². The van der Waals surface area contributed by atoms with E-state index in [4.69, 9.17) is 5.26 Å². The van der Waals surface area contributed by atoms with Gasteiger partial charge < -0.3 is 0 Å². The van der Waals surface area contributed by atoms with Crippen LogP contribution in [0.2, 0.25) is 0 Å². The van der Waals surface area contributed by atoms with Crippen LogP contribution in [-0.4, -0.2) is 14.3 Å². The molecule has 0 unspecified atom stereocenters. The van der Waals surface area contributed by atoms with Crippen LogP contribution in [0.3, 0.4) is 0 Å². The summed E-state index contributed by atoms with van der Waals surface area (Å²) >= 11 is 1.40. The van der Waals surface area contributed by atoms with Crippen LogP contribution in [0.4, 0.5) is 10.1 Å². The zero-order valence-electron chi connectivity index (χ0n) is 13.1. The van der Waals surface area contributed by atoms with Crippen molar-refractivity contribution in [2.24, 2.45) is 0 Å². The lowest BCUT2D eigenvalue weighted by atomic mass is 10.1. The third-order valence-corrected chi connectivity index (χ3v) is 4.82. The first-order valence-electron chi connectivity index (χ1n) is 7.49. The zero-order valence-corrected chi connectivity index (χ0v) is 13.9. The number of nitro benzene ring substituents is 1. The zero-order chi connectivity index (χ0) is 18.3. The molecule has 0 spiro atoms. The average molecular weight is 364 g/mol. The topological polar surface area (TPSA) is 84.2 Å². The van der Waals surface area contributed by atoms with Crippen molar-refractivity contribution < 1.29 is 9.31 Å². The number of aromatic nitrogens is 2. The van der Waals surface area contributed by atoms with Crippen molar-refractivity contribution in [1.29, 1.82) is 5.26 Å². The Hall–Kier alpha value is -3.57. The van der Waals surface area contributed by atoms with Gasteiger partial charge in [-0.05, 0) is 30.3 Å². The van der Waals surface area contributed by atoms with Crippen molar-refractivity contribution in [3.8, 4) is 28.7 Å². The van der Waals surface area contributed by atoms with Gasteiger partial charge in [-0.15, -0.1) is 11.3 Å². The number of hydrogen-bond donors (Lipinski definition) is 0. The number of imidazole rings is 1. The molecule has 4 rings (SSSR count). The SMILES string of the molecule is N#Cc1ccc(-c2nc(-c3ccc([N+](=O)[O-])cc3F)c3sccn23)cc1. The second-order valence-electron chi connectivity index (χ2n) is 5.47. The fourth-order valence-electron chi connectivity index (χ4n) is 2.71. The van der Waals surface area contributed by atoms with Gasteiger partial charge in [0, 0.05) is 28.8 Å². The molecule has 0 atom stereocenters. The second kappa shape index (κ2) is 6.06. The van der Waals surface area contributed by atoms with E-state index in [0.717, 1.165) is 16.5 Å². The quantitative estimate of drug-likeness (QED) is 0.391. The lowest BCUT2D eigenvalue weighted by molar-refractivity contribution is -0.385. The molecule has 0 saturated carbocycles. The summed E-state index contributed by atoms with van der Waals surface area (Å²) < 4.78 is 16.3. The molecule has 2 aromatic carbocycles. The molecule has 0 aliphatic carbocycles. The Kier molecular flexibility index (Phi) is 3.71. The standard InChI is InChI=1S/C18H9FN4O2S/c19-15-9-13(23(24)25)5-6-14(15)16-18-22(7-8-26-18)17(21-16)12-3-1-11(10-20)2-4-12/h1-9H. The molecular formula is C18H9FN4O2S. The third kappa shape index (κ3) is 2.51. The van der Waals surface area contributed by atoms with Crippen LogP contribution in [0.5, 0.6) is 0 Å². The summed E-state index contributed by atoms with van der Waals surface area (Å²) in [7, 11) is 0. The van der Waals surface area contributed by atoms with Gasteiger partial charge in [0.05, 0.1) is 22.6 Å². The highest BCUT2D eigenvalue weighted by atomic mass is 32.1. The van der Waals surface area contributed by atoms with Gasteiger partial charge in [0.15, 0.2) is 0 Å². The molecule has 2 aromatic heterocycles. The van der Waals surface area contributed by atoms with Crippen LogP contribution in [0.15, 0.2) is 54.0 Å². The third-order valence-electron chi connectivity index (χ3n) is 3.95. The van der Waals surface area contributed by atoms with E-state index in [2.05, 4.69) is 11.1 Å². The molecule has 0 fully saturated rings. The number of nitriles is 1. The van der Waals surface area contributed by atoms with Crippen LogP contribution in [0.25, 0.3) is 27.5 Å². The van der Waals surface area contributed by atoms with E-state index in [1.165, 1.54) is 23.5 Å². The molecule has 0 aliphatic heterocycles. The molecule has 0 bridgehead atoms. The van der Waals surface area contributed by atoms with E-state index in [9.17, 15) is 14.5 Å². The van der Waals surface area contributed by atoms with Gasteiger partial charge >= 0.3 is 0 Å². The summed E-state index contributed by atoms with van der Waals surface area (Å²) in [6.07, 6.45) is 1.83. The molecule has 0 aliphatic rings. The molecule has 0 radical (unpaired) electrons. The predicted molar refractivity (Wildman–Crippen MR) is 95.3 cm³/mol. The maximum atomic E-state index is 14.5. The van der Waals surface area contributed by atoms with Gasteiger partial charge in [-0.1, -0.05) is 0 Å². The van der Waals surface area contributed by atoms with E-state index in [-0.39, 0.29) is 11.3 Å². The smallest absolute Gasteiger partial charge is 0.272 e. The van der Waals surface area contributed by atoms with Crippen LogP contribution in [-0.2, 0) is 0 Å². The van der Waals surface area contributed by atoms with Crippen molar-refractivity contribution in [3.63, 3.8) is 0 Å². The number of thiazole rings is 1. The van der Waals surface area contributed by atoms with Gasteiger partial charge in [0.25, 0.3) is 5.69 Å². The largest absolute Gasteiger partial charge is 0.290 e. The Morgan fingerprint density at radius 3 is 2.65 bits per heavy atom. The van der Waals surface area contributed by atoms with Crippen LogP contribution in [0, 0.1) is 27.3 Å². The first kappa shape index (κ1) is 15.9. The lowest BCUT2D eigenvalue weighted by Gasteiger charge is -2.00. The highest BCUT2D eigenvalue weighted by Gasteiger charge is 2.20.